The van der Waals surface area contributed by atoms with Gasteiger partial charge in [0.25, 0.3) is 0 Å². The van der Waals surface area contributed by atoms with E-state index in [2.05, 4.69) is 21.5 Å². The van der Waals surface area contributed by atoms with Crippen molar-refractivity contribution in [2.75, 3.05) is 5.43 Å². The van der Waals surface area contributed by atoms with Gasteiger partial charge in [-0.15, -0.1) is 0 Å². The number of benzene rings is 1. The van der Waals surface area contributed by atoms with Crippen LogP contribution < -0.4 is 11.3 Å². The number of nitrogens with zero attached hydrogens (tertiary/aromatic N) is 2. The van der Waals surface area contributed by atoms with E-state index in [1.54, 1.807) is 6.20 Å². The molecule has 0 atom stereocenters. The third-order valence-electron chi connectivity index (χ3n) is 3.09. The molecule has 0 unspecified atom stereocenters. The van der Waals surface area contributed by atoms with Crippen LogP contribution in [0, 0.1) is 0 Å². The zero-order valence-electron chi connectivity index (χ0n) is 10.4. The molecule has 2 aromatic heterocycles. The summed E-state index contributed by atoms with van der Waals surface area (Å²) in [6.45, 7) is 0. The van der Waals surface area contributed by atoms with Crippen molar-refractivity contribution in [2.24, 2.45) is 5.84 Å². The molecule has 0 aliphatic heterocycles. The highest BCUT2D eigenvalue weighted by Gasteiger charge is 2.04. The number of hydrogen-bond acceptors (Lipinski definition) is 4. The topological polar surface area (TPSA) is 63.8 Å². The minimum absolute atomic E-state index is 0.762. The summed E-state index contributed by atoms with van der Waals surface area (Å²) in [5.41, 5.74) is 6.70. The van der Waals surface area contributed by atoms with Gasteiger partial charge in [-0.05, 0) is 29.8 Å². The van der Waals surface area contributed by atoms with E-state index in [0.717, 1.165) is 28.7 Å². The molecule has 0 aliphatic carbocycles. The molecule has 0 fully saturated rings. The molecule has 0 bridgehead atoms. The Balaban J connectivity index is 2.01. The molecule has 3 aromatic rings. The Morgan fingerprint density at radius 3 is 2.74 bits per heavy atom. The second-order valence-corrected chi connectivity index (χ2v) is 4.34. The highest BCUT2D eigenvalue weighted by Crippen LogP contribution is 2.19. The molecule has 0 saturated heterocycles. The Labute approximate surface area is 111 Å². The monoisotopic (exact) mass is 250 g/mol. The fourth-order valence-electron chi connectivity index (χ4n) is 2.17. The van der Waals surface area contributed by atoms with E-state index in [-0.39, 0.29) is 0 Å². The minimum Gasteiger partial charge on any atom is -0.324 e. The molecule has 0 radical (unpaired) electrons. The lowest BCUT2D eigenvalue weighted by Crippen LogP contribution is -2.07. The number of nitrogens with one attached hydrogen (secondary N) is 1. The summed E-state index contributed by atoms with van der Waals surface area (Å²) in [5.74, 6) is 5.41. The van der Waals surface area contributed by atoms with E-state index < -0.39 is 0 Å². The van der Waals surface area contributed by atoms with Gasteiger partial charge < -0.3 is 5.43 Å². The number of para-hydroxylation sites is 1. The first kappa shape index (κ1) is 11.6. The molecule has 3 rings (SSSR count). The third kappa shape index (κ3) is 2.39. The molecule has 0 saturated carbocycles. The van der Waals surface area contributed by atoms with E-state index in [1.165, 1.54) is 5.56 Å². The number of nitrogen functional groups attached to an aromatic ring is 1. The Morgan fingerprint density at radius 2 is 1.84 bits per heavy atom. The van der Waals surface area contributed by atoms with Crippen LogP contribution in [0.3, 0.4) is 0 Å². The summed E-state index contributed by atoms with van der Waals surface area (Å²) >= 11 is 0. The van der Waals surface area contributed by atoms with Crippen molar-refractivity contribution >= 4 is 16.6 Å². The van der Waals surface area contributed by atoms with Gasteiger partial charge >= 0.3 is 0 Å². The van der Waals surface area contributed by atoms with Crippen LogP contribution in [0.1, 0.15) is 11.3 Å². The number of hydrazine groups is 1. The maximum absolute atomic E-state index is 5.41. The van der Waals surface area contributed by atoms with Crippen molar-refractivity contribution in [3.05, 3.63) is 66.1 Å². The number of nitrogens with two attached hydrogens (primary N) is 1. The Morgan fingerprint density at radius 1 is 1.00 bits per heavy atom. The number of pyridine rings is 2. The molecular formula is C15H14N4. The molecule has 19 heavy (non-hydrogen) atoms. The molecule has 4 nitrogen and oxygen atoms in total. The molecule has 1 aromatic carbocycles. The van der Waals surface area contributed by atoms with Gasteiger partial charge in [0.15, 0.2) is 0 Å². The SMILES string of the molecule is NNc1ccnc(Cc2ccnc3ccccc23)c1. The molecule has 0 aliphatic rings. The standard InChI is InChI=1S/C15H14N4/c16-19-12-6-8-17-13(10-12)9-11-5-7-18-15-4-2-1-3-14(11)15/h1-8,10H,9,16H2,(H,17,19). The molecule has 2 heterocycles. The van der Waals surface area contributed by atoms with Crippen LogP contribution in [0.25, 0.3) is 10.9 Å². The average molecular weight is 250 g/mol. The highest BCUT2D eigenvalue weighted by molar-refractivity contribution is 5.82. The predicted molar refractivity (Wildman–Crippen MR) is 76.6 cm³/mol. The molecular weight excluding hydrogens is 236 g/mol. The maximum Gasteiger partial charge on any atom is 0.0704 e. The molecule has 3 N–H and O–H groups in total. The number of anilines is 1. The van der Waals surface area contributed by atoms with E-state index in [0.29, 0.717) is 0 Å². The first-order valence-electron chi connectivity index (χ1n) is 6.11. The van der Waals surface area contributed by atoms with Gasteiger partial charge in [0.05, 0.1) is 11.2 Å². The van der Waals surface area contributed by atoms with Crippen LogP contribution in [-0.4, -0.2) is 9.97 Å². The van der Waals surface area contributed by atoms with E-state index in [9.17, 15) is 0 Å². The summed E-state index contributed by atoms with van der Waals surface area (Å²) < 4.78 is 0. The van der Waals surface area contributed by atoms with Crippen LogP contribution in [0.5, 0.6) is 0 Å². The normalized spacial score (nSPS) is 10.6. The highest BCUT2D eigenvalue weighted by atomic mass is 15.2. The Bertz CT molecular complexity index is 704. The Kier molecular flexibility index (Phi) is 3.08. The fourth-order valence-corrected chi connectivity index (χ4v) is 2.17. The van der Waals surface area contributed by atoms with Gasteiger partial charge in [-0.1, -0.05) is 18.2 Å². The maximum atomic E-state index is 5.41. The summed E-state index contributed by atoms with van der Waals surface area (Å²) in [7, 11) is 0. The summed E-state index contributed by atoms with van der Waals surface area (Å²) in [6.07, 6.45) is 4.36. The Hall–Kier alpha value is -2.46. The lowest BCUT2D eigenvalue weighted by Gasteiger charge is -2.07. The van der Waals surface area contributed by atoms with Gasteiger partial charge in [-0.25, -0.2) is 0 Å². The smallest absolute Gasteiger partial charge is 0.0704 e. The molecule has 4 heteroatoms. The van der Waals surface area contributed by atoms with E-state index in [1.807, 2.05) is 42.6 Å². The minimum atomic E-state index is 0.762. The second kappa shape index (κ2) is 5.04. The van der Waals surface area contributed by atoms with Crippen molar-refractivity contribution in [3.63, 3.8) is 0 Å². The van der Waals surface area contributed by atoms with Crippen LogP contribution in [0.4, 0.5) is 5.69 Å². The van der Waals surface area contributed by atoms with Crippen LogP contribution in [0.15, 0.2) is 54.9 Å². The van der Waals surface area contributed by atoms with Crippen LogP contribution in [-0.2, 0) is 6.42 Å². The van der Waals surface area contributed by atoms with E-state index >= 15 is 0 Å². The quantitative estimate of drug-likeness (QED) is 0.554. The first-order chi connectivity index (χ1) is 9.36. The van der Waals surface area contributed by atoms with Gasteiger partial charge in [-0.3, -0.25) is 15.8 Å². The molecule has 94 valence electrons. The number of hydrogen-bond donors (Lipinski definition) is 2. The first-order valence-corrected chi connectivity index (χ1v) is 6.11. The predicted octanol–water partition coefficient (Wildman–Crippen LogP) is 2.51. The molecule has 0 amide bonds. The average Bonchev–Trinajstić information content (AvgIpc) is 2.48. The summed E-state index contributed by atoms with van der Waals surface area (Å²) in [5, 5.41) is 1.16. The van der Waals surface area contributed by atoms with Gasteiger partial charge in [0, 0.05) is 29.9 Å². The van der Waals surface area contributed by atoms with Gasteiger partial charge in [-0.2, -0.15) is 0 Å². The number of aromatic nitrogens is 2. The molecule has 0 spiro atoms. The van der Waals surface area contributed by atoms with E-state index in [4.69, 9.17) is 5.84 Å². The van der Waals surface area contributed by atoms with Crippen molar-refractivity contribution in [1.82, 2.24) is 9.97 Å². The third-order valence-corrected chi connectivity index (χ3v) is 3.09. The lowest BCUT2D eigenvalue weighted by atomic mass is 10.0. The fraction of sp³-hybridized carbons (Fsp3) is 0.0667. The van der Waals surface area contributed by atoms with Crippen LogP contribution in [0.2, 0.25) is 0 Å². The second-order valence-electron chi connectivity index (χ2n) is 4.34. The van der Waals surface area contributed by atoms with Gasteiger partial charge in [0.1, 0.15) is 0 Å². The summed E-state index contributed by atoms with van der Waals surface area (Å²) in [6, 6.07) is 14.0. The van der Waals surface area contributed by atoms with Gasteiger partial charge in [0.2, 0.25) is 0 Å². The summed E-state index contributed by atoms with van der Waals surface area (Å²) in [4.78, 5) is 8.74. The van der Waals surface area contributed by atoms with Crippen molar-refractivity contribution in [3.8, 4) is 0 Å². The number of rotatable bonds is 3. The number of fused-ring (bicyclic) bond motifs is 1. The van der Waals surface area contributed by atoms with Crippen molar-refractivity contribution in [2.45, 2.75) is 6.42 Å². The van der Waals surface area contributed by atoms with Crippen molar-refractivity contribution < 1.29 is 0 Å². The van der Waals surface area contributed by atoms with Crippen LogP contribution >= 0.6 is 0 Å². The van der Waals surface area contributed by atoms with Crippen molar-refractivity contribution in [1.29, 1.82) is 0 Å². The lowest BCUT2D eigenvalue weighted by molar-refractivity contribution is 1.08. The largest absolute Gasteiger partial charge is 0.324 e. The zero-order valence-corrected chi connectivity index (χ0v) is 10.4. The zero-order chi connectivity index (χ0) is 13.1.